The van der Waals surface area contributed by atoms with Crippen molar-refractivity contribution in [1.82, 2.24) is 15.0 Å². The van der Waals surface area contributed by atoms with Gasteiger partial charge in [-0.2, -0.15) is 0 Å². The first-order chi connectivity index (χ1) is 11.7. The van der Waals surface area contributed by atoms with Crippen LogP contribution in [-0.2, 0) is 0 Å². The summed E-state index contributed by atoms with van der Waals surface area (Å²) in [5, 5.41) is 17.8. The van der Waals surface area contributed by atoms with Crippen molar-refractivity contribution >= 4 is 39.8 Å². The standard InChI is InChI=1S/C16H14BrN5O2/c1-24-13-8-10(7-12(17)15(13)23)4-5-11-9-19-16(20-11)22-21-14-3-2-6-18-14/h2-9,18,23H,1H3,(H,19,20)/b5-4+,22-21+. The summed E-state index contributed by atoms with van der Waals surface area (Å²) in [6.45, 7) is 0. The van der Waals surface area contributed by atoms with E-state index in [0.717, 1.165) is 5.56 Å². The molecule has 0 aliphatic rings. The first-order valence-electron chi connectivity index (χ1n) is 7.01. The number of hydrogen-bond donors (Lipinski definition) is 3. The lowest BCUT2D eigenvalue weighted by molar-refractivity contribution is 0.372. The van der Waals surface area contributed by atoms with Crippen LogP contribution >= 0.6 is 15.9 Å². The number of aromatic nitrogens is 3. The Kier molecular flexibility index (Phi) is 4.76. The summed E-state index contributed by atoms with van der Waals surface area (Å²) >= 11 is 3.29. The molecule has 7 nitrogen and oxygen atoms in total. The second-order valence-electron chi connectivity index (χ2n) is 4.79. The summed E-state index contributed by atoms with van der Waals surface area (Å²) in [5.74, 6) is 1.53. The highest BCUT2D eigenvalue weighted by molar-refractivity contribution is 9.10. The van der Waals surface area contributed by atoms with Crippen molar-refractivity contribution in [2.45, 2.75) is 0 Å². The number of nitrogens with zero attached hydrogens (tertiary/aromatic N) is 3. The molecule has 2 heterocycles. The summed E-state index contributed by atoms with van der Waals surface area (Å²) in [7, 11) is 1.50. The van der Waals surface area contributed by atoms with Crippen LogP contribution in [0.2, 0.25) is 0 Å². The Morgan fingerprint density at radius 3 is 2.88 bits per heavy atom. The molecule has 3 N–H and O–H groups in total. The number of imidazole rings is 1. The van der Waals surface area contributed by atoms with E-state index in [9.17, 15) is 5.11 Å². The second-order valence-corrected chi connectivity index (χ2v) is 5.65. The Morgan fingerprint density at radius 2 is 2.12 bits per heavy atom. The van der Waals surface area contributed by atoms with Crippen LogP contribution in [0.1, 0.15) is 11.3 Å². The minimum atomic E-state index is 0.0708. The van der Waals surface area contributed by atoms with Gasteiger partial charge in [-0.3, -0.25) is 0 Å². The zero-order valence-electron chi connectivity index (χ0n) is 12.7. The Balaban J connectivity index is 1.75. The lowest BCUT2D eigenvalue weighted by atomic mass is 10.2. The molecule has 0 radical (unpaired) electrons. The van der Waals surface area contributed by atoms with Crippen LogP contribution in [0.3, 0.4) is 0 Å². The van der Waals surface area contributed by atoms with Crippen LogP contribution in [0.4, 0.5) is 11.8 Å². The Bertz CT molecular complexity index is 884. The minimum Gasteiger partial charge on any atom is -0.503 e. The number of azo groups is 1. The molecule has 0 unspecified atom stereocenters. The summed E-state index contributed by atoms with van der Waals surface area (Å²) in [6.07, 6.45) is 7.18. The maximum atomic E-state index is 9.81. The number of benzene rings is 1. The number of ether oxygens (including phenoxy) is 1. The number of nitrogens with one attached hydrogen (secondary N) is 2. The first-order valence-corrected chi connectivity index (χ1v) is 7.80. The zero-order valence-corrected chi connectivity index (χ0v) is 14.3. The van der Waals surface area contributed by atoms with Crippen molar-refractivity contribution in [3.8, 4) is 11.5 Å². The molecule has 0 atom stereocenters. The molecule has 1 aromatic carbocycles. The van der Waals surface area contributed by atoms with Gasteiger partial charge in [0.15, 0.2) is 17.3 Å². The molecule has 0 aliphatic carbocycles. The highest BCUT2D eigenvalue weighted by atomic mass is 79.9. The van der Waals surface area contributed by atoms with E-state index in [1.807, 2.05) is 24.3 Å². The van der Waals surface area contributed by atoms with Crippen LogP contribution in [0, 0.1) is 0 Å². The number of H-pyrrole nitrogens is 2. The summed E-state index contributed by atoms with van der Waals surface area (Å²) < 4.78 is 5.68. The molecular weight excluding hydrogens is 374 g/mol. The van der Waals surface area contributed by atoms with Gasteiger partial charge in [0.2, 0.25) is 5.95 Å². The largest absolute Gasteiger partial charge is 0.503 e. The normalized spacial score (nSPS) is 11.6. The monoisotopic (exact) mass is 387 g/mol. The van der Waals surface area contributed by atoms with E-state index in [2.05, 4.69) is 41.1 Å². The Morgan fingerprint density at radius 1 is 1.25 bits per heavy atom. The fourth-order valence-corrected chi connectivity index (χ4v) is 2.43. The third-order valence-electron chi connectivity index (χ3n) is 3.14. The topological polar surface area (TPSA) is 98.7 Å². The van der Waals surface area contributed by atoms with Gasteiger partial charge in [0.1, 0.15) is 0 Å². The van der Waals surface area contributed by atoms with Crippen LogP contribution in [0.15, 0.2) is 51.4 Å². The van der Waals surface area contributed by atoms with E-state index in [0.29, 0.717) is 27.7 Å². The van der Waals surface area contributed by atoms with Crippen molar-refractivity contribution in [2.75, 3.05) is 7.11 Å². The molecule has 0 aliphatic heterocycles. The molecule has 122 valence electrons. The summed E-state index contributed by atoms with van der Waals surface area (Å²) in [4.78, 5) is 10.2. The average Bonchev–Trinajstić information content (AvgIpc) is 3.25. The Labute approximate surface area is 146 Å². The zero-order chi connectivity index (χ0) is 16.9. The molecule has 0 bridgehead atoms. The van der Waals surface area contributed by atoms with Crippen molar-refractivity contribution in [1.29, 1.82) is 0 Å². The SMILES string of the molecule is COc1cc(/C=C/c2c[nH]c(/N=N/c3ccc[nH]3)n2)cc(Br)c1O. The van der Waals surface area contributed by atoms with Gasteiger partial charge in [0, 0.05) is 12.4 Å². The first kappa shape index (κ1) is 16.0. The molecule has 0 amide bonds. The summed E-state index contributed by atoms with van der Waals surface area (Å²) in [5.41, 5.74) is 1.56. The molecular formula is C16H14BrN5O2. The lowest BCUT2D eigenvalue weighted by Crippen LogP contribution is -1.85. The van der Waals surface area contributed by atoms with Crippen molar-refractivity contribution in [3.63, 3.8) is 0 Å². The maximum absolute atomic E-state index is 9.81. The van der Waals surface area contributed by atoms with Gasteiger partial charge in [-0.25, -0.2) is 4.98 Å². The molecule has 0 spiro atoms. The lowest BCUT2D eigenvalue weighted by Gasteiger charge is -2.06. The fraction of sp³-hybridized carbons (Fsp3) is 0.0625. The second kappa shape index (κ2) is 7.14. The number of phenolic OH excluding ortho intramolecular Hbond substituents is 1. The van der Waals surface area contributed by atoms with E-state index < -0.39 is 0 Å². The van der Waals surface area contributed by atoms with Crippen molar-refractivity contribution in [3.05, 3.63) is 52.4 Å². The third kappa shape index (κ3) is 3.72. The van der Waals surface area contributed by atoms with Gasteiger partial charge in [-0.05, 0) is 51.8 Å². The van der Waals surface area contributed by atoms with Gasteiger partial charge in [-0.1, -0.05) is 6.08 Å². The highest BCUT2D eigenvalue weighted by Crippen LogP contribution is 2.35. The Hall–Kier alpha value is -2.87. The molecule has 3 aromatic rings. The number of halogens is 1. The molecule has 0 fully saturated rings. The van der Waals surface area contributed by atoms with Crippen LogP contribution in [0.5, 0.6) is 11.5 Å². The van der Waals surface area contributed by atoms with Gasteiger partial charge >= 0.3 is 0 Å². The number of rotatable bonds is 5. The predicted molar refractivity (Wildman–Crippen MR) is 94.8 cm³/mol. The maximum Gasteiger partial charge on any atom is 0.247 e. The number of aromatic hydroxyl groups is 1. The van der Waals surface area contributed by atoms with Crippen molar-refractivity contribution in [2.24, 2.45) is 10.2 Å². The highest BCUT2D eigenvalue weighted by Gasteiger charge is 2.07. The predicted octanol–water partition coefficient (Wildman–Crippen LogP) is 4.80. The molecule has 24 heavy (non-hydrogen) atoms. The average molecular weight is 388 g/mol. The van der Waals surface area contributed by atoms with E-state index in [1.165, 1.54) is 7.11 Å². The smallest absolute Gasteiger partial charge is 0.247 e. The number of hydrogen-bond acceptors (Lipinski definition) is 5. The number of aromatic amines is 2. The van der Waals surface area contributed by atoms with Crippen LogP contribution in [-0.4, -0.2) is 27.2 Å². The van der Waals surface area contributed by atoms with E-state index in [1.54, 1.807) is 24.5 Å². The summed E-state index contributed by atoms with van der Waals surface area (Å²) in [6, 6.07) is 7.17. The van der Waals surface area contributed by atoms with Crippen LogP contribution in [0.25, 0.3) is 12.2 Å². The van der Waals surface area contributed by atoms with Crippen LogP contribution < -0.4 is 4.74 Å². The van der Waals surface area contributed by atoms with E-state index >= 15 is 0 Å². The van der Waals surface area contributed by atoms with Gasteiger partial charge < -0.3 is 19.8 Å². The van der Waals surface area contributed by atoms with Gasteiger partial charge in [0.25, 0.3) is 0 Å². The fourth-order valence-electron chi connectivity index (χ4n) is 1.97. The van der Waals surface area contributed by atoms with Crippen molar-refractivity contribution < 1.29 is 9.84 Å². The molecule has 0 saturated heterocycles. The number of phenols is 1. The number of methoxy groups -OCH3 is 1. The van der Waals surface area contributed by atoms with E-state index in [-0.39, 0.29) is 5.75 Å². The molecule has 0 saturated carbocycles. The molecule has 8 heteroatoms. The van der Waals surface area contributed by atoms with E-state index in [4.69, 9.17) is 4.74 Å². The molecule has 3 rings (SSSR count). The third-order valence-corrected chi connectivity index (χ3v) is 3.74. The van der Waals surface area contributed by atoms with Gasteiger partial charge in [0.05, 0.1) is 17.3 Å². The molecule has 2 aromatic heterocycles. The minimum absolute atomic E-state index is 0.0708. The van der Waals surface area contributed by atoms with Gasteiger partial charge in [-0.15, -0.1) is 10.2 Å². The quantitative estimate of drug-likeness (QED) is 0.548.